The lowest BCUT2D eigenvalue weighted by molar-refractivity contribution is 0.0985. The summed E-state index contributed by atoms with van der Waals surface area (Å²) in [4.78, 5) is 12.3. The van der Waals surface area contributed by atoms with E-state index in [9.17, 15) is 4.79 Å². The topological polar surface area (TPSA) is 34.0 Å². The fraction of sp³-hybridized carbons (Fsp3) is 0.286. The van der Waals surface area contributed by atoms with Crippen LogP contribution in [0.15, 0.2) is 17.2 Å². The molecule has 0 saturated heterocycles. The number of hydrogen-bond acceptors (Lipinski definition) is 3. The minimum Gasteiger partial charge on any atom is -0.347 e. The molecule has 58 valence electrons. The molecule has 0 amide bonds. The first-order valence-corrected chi connectivity index (χ1v) is 4.19. The highest BCUT2D eigenvalue weighted by atomic mass is 32.2. The maximum Gasteiger partial charge on any atom is 0.195 e. The lowest BCUT2D eigenvalue weighted by Crippen LogP contribution is -2.24. The van der Waals surface area contributed by atoms with Crippen LogP contribution in [0.25, 0.3) is 0 Å². The van der Waals surface area contributed by atoms with Gasteiger partial charge in [-0.3, -0.25) is 9.52 Å². The Morgan fingerprint density at radius 3 is 3.27 bits per heavy atom. The molecule has 0 saturated carbocycles. The summed E-state index contributed by atoms with van der Waals surface area (Å²) in [5.74, 6) is 0.172. The van der Waals surface area contributed by atoms with Crippen molar-refractivity contribution in [1.82, 2.24) is 9.29 Å². The molecular formula is C7H8N2OS. The van der Waals surface area contributed by atoms with Crippen LogP contribution in [-0.2, 0) is 7.05 Å². The van der Waals surface area contributed by atoms with Crippen LogP contribution in [-0.4, -0.2) is 16.9 Å². The summed E-state index contributed by atoms with van der Waals surface area (Å²) in [6.45, 7) is 0.440. The highest BCUT2D eigenvalue weighted by Gasteiger charge is 2.19. The third-order valence-corrected chi connectivity index (χ3v) is 2.55. The first-order chi connectivity index (χ1) is 5.29. The van der Waals surface area contributed by atoms with Crippen molar-refractivity contribution in [1.29, 1.82) is 0 Å². The number of ketones is 1. The van der Waals surface area contributed by atoms with Crippen molar-refractivity contribution in [3.63, 3.8) is 0 Å². The van der Waals surface area contributed by atoms with E-state index in [1.807, 2.05) is 23.9 Å². The predicted molar refractivity (Wildman–Crippen MR) is 43.6 cm³/mol. The number of Topliss-reactive ketones (excluding diaryl/α,β-unsaturated/α-hetero) is 1. The maximum absolute atomic E-state index is 11.3. The van der Waals surface area contributed by atoms with E-state index in [2.05, 4.69) is 4.72 Å². The Balaban J connectivity index is 2.56. The Bertz CT molecular complexity index is 305. The van der Waals surface area contributed by atoms with Crippen LogP contribution in [0.2, 0.25) is 0 Å². The average molecular weight is 168 g/mol. The third kappa shape index (κ3) is 0.985. The first kappa shape index (κ1) is 6.94. The van der Waals surface area contributed by atoms with E-state index in [0.29, 0.717) is 6.54 Å². The maximum atomic E-state index is 11.3. The molecule has 1 aliphatic heterocycles. The second-order valence-electron chi connectivity index (χ2n) is 2.49. The van der Waals surface area contributed by atoms with Crippen molar-refractivity contribution in [2.45, 2.75) is 4.90 Å². The minimum absolute atomic E-state index is 0.172. The number of nitrogens with one attached hydrogen (secondary N) is 1. The molecule has 1 aromatic heterocycles. The minimum atomic E-state index is 0.172. The summed E-state index contributed by atoms with van der Waals surface area (Å²) in [5, 5.41) is 0. The Morgan fingerprint density at radius 2 is 2.55 bits per heavy atom. The number of aromatic nitrogens is 1. The van der Waals surface area contributed by atoms with E-state index >= 15 is 0 Å². The molecule has 2 rings (SSSR count). The highest BCUT2D eigenvalue weighted by molar-refractivity contribution is 7.97. The Labute approximate surface area is 68.9 Å². The summed E-state index contributed by atoms with van der Waals surface area (Å²) in [7, 11) is 1.89. The zero-order valence-electron chi connectivity index (χ0n) is 6.13. The number of carbonyl (C=O) groups is 1. The number of aryl methyl sites for hydroxylation is 1. The number of rotatable bonds is 0. The van der Waals surface area contributed by atoms with Gasteiger partial charge in [-0.25, -0.2) is 0 Å². The second-order valence-corrected chi connectivity index (χ2v) is 3.42. The van der Waals surface area contributed by atoms with Gasteiger partial charge in [0.2, 0.25) is 0 Å². The average Bonchev–Trinajstić information content (AvgIpc) is 2.34. The summed E-state index contributed by atoms with van der Waals surface area (Å²) in [5.41, 5.74) is 0.828. The molecule has 0 fully saturated rings. The lowest BCUT2D eigenvalue weighted by atomic mass is 10.3. The first-order valence-electron chi connectivity index (χ1n) is 3.37. The van der Waals surface area contributed by atoms with Crippen LogP contribution < -0.4 is 4.72 Å². The predicted octanol–water partition coefficient (Wildman–Crippen LogP) is 0.818. The van der Waals surface area contributed by atoms with Crippen molar-refractivity contribution >= 4 is 17.7 Å². The van der Waals surface area contributed by atoms with Gasteiger partial charge in [0.25, 0.3) is 0 Å². The standard InChI is InChI=1S/C7H8N2OS/c1-9-3-2-6-7(9)5(10)4-8-11-6/h2-3,8H,4H2,1H3. The van der Waals surface area contributed by atoms with E-state index in [4.69, 9.17) is 0 Å². The molecule has 2 heterocycles. The molecule has 0 radical (unpaired) electrons. The van der Waals surface area contributed by atoms with Crippen LogP contribution in [0, 0.1) is 0 Å². The van der Waals surface area contributed by atoms with Gasteiger partial charge < -0.3 is 4.57 Å². The van der Waals surface area contributed by atoms with Crippen molar-refractivity contribution in [2.24, 2.45) is 7.05 Å². The molecule has 1 aromatic rings. The van der Waals surface area contributed by atoms with Gasteiger partial charge in [0, 0.05) is 13.2 Å². The van der Waals surface area contributed by atoms with Crippen molar-refractivity contribution in [3.05, 3.63) is 18.0 Å². The zero-order chi connectivity index (χ0) is 7.84. The molecule has 0 unspecified atom stereocenters. The van der Waals surface area contributed by atoms with E-state index in [-0.39, 0.29) is 5.78 Å². The molecule has 11 heavy (non-hydrogen) atoms. The number of fused-ring (bicyclic) bond motifs is 1. The monoisotopic (exact) mass is 168 g/mol. The number of carbonyl (C=O) groups excluding carboxylic acids is 1. The summed E-state index contributed by atoms with van der Waals surface area (Å²) in [6, 6.07) is 1.95. The van der Waals surface area contributed by atoms with Crippen LogP contribution in [0.3, 0.4) is 0 Å². The second kappa shape index (κ2) is 2.39. The SMILES string of the molecule is Cn1ccc2c1C(=O)CNS2. The fourth-order valence-corrected chi connectivity index (χ4v) is 2.03. The molecule has 1 N–H and O–H groups in total. The van der Waals surface area contributed by atoms with Crippen molar-refractivity contribution in [2.75, 3.05) is 6.54 Å². The van der Waals surface area contributed by atoms with Gasteiger partial charge in [0.05, 0.1) is 11.4 Å². The van der Waals surface area contributed by atoms with E-state index in [0.717, 1.165) is 10.6 Å². The molecule has 4 heteroatoms. The largest absolute Gasteiger partial charge is 0.347 e. The van der Waals surface area contributed by atoms with Gasteiger partial charge in [0.1, 0.15) is 5.69 Å². The lowest BCUT2D eigenvalue weighted by Gasteiger charge is -2.11. The van der Waals surface area contributed by atoms with E-state index in [1.165, 1.54) is 11.9 Å². The molecular weight excluding hydrogens is 160 g/mol. The summed E-state index contributed by atoms with van der Waals surface area (Å²) < 4.78 is 4.82. The van der Waals surface area contributed by atoms with E-state index in [1.54, 1.807) is 0 Å². The molecule has 0 aromatic carbocycles. The van der Waals surface area contributed by atoms with Crippen LogP contribution in [0.1, 0.15) is 10.5 Å². The van der Waals surface area contributed by atoms with Gasteiger partial charge >= 0.3 is 0 Å². The zero-order valence-corrected chi connectivity index (χ0v) is 6.94. The third-order valence-electron chi connectivity index (χ3n) is 1.71. The van der Waals surface area contributed by atoms with Crippen molar-refractivity contribution < 1.29 is 4.79 Å². The molecule has 0 atom stereocenters. The van der Waals surface area contributed by atoms with Crippen LogP contribution in [0.5, 0.6) is 0 Å². The van der Waals surface area contributed by atoms with Gasteiger partial charge in [-0.1, -0.05) is 0 Å². The van der Waals surface area contributed by atoms with Gasteiger partial charge in [-0.15, -0.1) is 0 Å². The number of nitrogens with zero attached hydrogens (tertiary/aromatic N) is 1. The van der Waals surface area contributed by atoms with Gasteiger partial charge in [0.15, 0.2) is 5.78 Å². The van der Waals surface area contributed by atoms with Gasteiger partial charge in [-0.05, 0) is 18.0 Å². The molecule has 0 aliphatic carbocycles. The fourth-order valence-electron chi connectivity index (χ4n) is 1.19. The van der Waals surface area contributed by atoms with E-state index < -0.39 is 0 Å². The Hall–Kier alpha value is -0.740. The quantitative estimate of drug-likeness (QED) is 0.582. The Kier molecular flexibility index (Phi) is 1.51. The molecule has 1 aliphatic rings. The molecule has 0 bridgehead atoms. The highest BCUT2D eigenvalue weighted by Crippen LogP contribution is 2.24. The number of hydrogen-bond donors (Lipinski definition) is 1. The smallest absolute Gasteiger partial charge is 0.195 e. The molecule has 0 spiro atoms. The van der Waals surface area contributed by atoms with Gasteiger partial charge in [-0.2, -0.15) is 0 Å². The van der Waals surface area contributed by atoms with Crippen LogP contribution >= 0.6 is 11.9 Å². The van der Waals surface area contributed by atoms with Crippen molar-refractivity contribution in [3.8, 4) is 0 Å². The normalized spacial score (nSPS) is 16.6. The summed E-state index contributed by atoms with van der Waals surface area (Å²) in [6.07, 6.45) is 1.91. The van der Waals surface area contributed by atoms with Crippen LogP contribution in [0.4, 0.5) is 0 Å². The summed E-state index contributed by atoms with van der Waals surface area (Å²) >= 11 is 1.52. The Morgan fingerprint density at radius 1 is 1.73 bits per heavy atom. The molecule has 3 nitrogen and oxygen atoms in total.